The molecule has 0 amide bonds. The van der Waals surface area contributed by atoms with Gasteiger partial charge in [-0.05, 0) is 17.0 Å². The topological polar surface area (TPSA) is 38.4 Å². The molecule has 0 saturated heterocycles. The maximum atomic E-state index is 5.56. The highest BCUT2D eigenvalue weighted by Crippen LogP contribution is 2.19. The van der Waals surface area contributed by atoms with Crippen molar-refractivity contribution in [1.29, 1.82) is 0 Å². The van der Waals surface area contributed by atoms with Gasteiger partial charge in [0.15, 0.2) is 0 Å². The molecule has 0 aliphatic heterocycles. The Bertz CT molecular complexity index is 376. The molecule has 1 aromatic carbocycles. The van der Waals surface area contributed by atoms with Crippen LogP contribution in [0.25, 0.3) is 5.57 Å². The first kappa shape index (κ1) is 11.5. The molecular weight excluding hydrogens is 184 g/mol. The van der Waals surface area contributed by atoms with Crippen LogP contribution < -0.4 is 5.73 Å². The minimum Gasteiger partial charge on any atom is -0.404 e. The summed E-state index contributed by atoms with van der Waals surface area (Å²) in [5.74, 6) is 0.530. The van der Waals surface area contributed by atoms with Gasteiger partial charge in [0, 0.05) is 25.0 Å². The average molecular weight is 202 g/mol. The first-order valence-corrected chi connectivity index (χ1v) is 5.13. The number of allylic oxidation sites excluding steroid dienone is 1. The predicted molar refractivity (Wildman–Crippen MR) is 67.1 cm³/mol. The molecule has 0 atom stereocenters. The van der Waals surface area contributed by atoms with E-state index in [2.05, 4.69) is 37.0 Å². The zero-order valence-corrected chi connectivity index (χ0v) is 9.57. The van der Waals surface area contributed by atoms with Crippen LogP contribution in [0.2, 0.25) is 0 Å². The molecule has 2 heteroatoms. The van der Waals surface area contributed by atoms with Crippen LogP contribution in [0.15, 0.2) is 35.5 Å². The van der Waals surface area contributed by atoms with Crippen molar-refractivity contribution in [3.8, 4) is 0 Å². The van der Waals surface area contributed by atoms with E-state index in [4.69, 9.17) is 5.73 Å². The normalized spacial score (nSPS) is 12.7. The van der Waals surface area contributed by atoms with Gasteiger partial charge in [0.25, 0.3) is 0 Å². The van der Waals surface area contributed by atoms with Gasteiger partial charge >= 0.3 is 0 Å². The van der Waals surface area contributed by atoms with E-state index in [1.54, 1.807) is 19.5 Å². The number of hydrogen-bond donors (Lipinski definition) is 1. The van der Waals surface area contributed by atoms with Crippen molar-refractivity contribution < 1.29 is 0 Å². The molecular formula is C13H18N2. The first-order valence-electron chi connectivity index (χ1n) is 5.13. The highest BCUT2D eigenvalue weighted by Gasteiger charge is 2.02. The van der Waals surface area contributed by atoms with Gasteiger partial charge in [0.1, 0.15) is 0 Å². The Hall–Kier alpha value is -1.57. The summed E-state index contributed by atoms with van der Waals surface area (Å²) in [6, 6.07) is 8.39. The van der Waals surface area contributed by atoms with E-state index in [0.717, 1.165) is 11.1 Å². The fourth-order valence-electron chi connectivity index (χ4n) is 1.43. The van der Waals surface area contributed by atoms with Crippen LogP contribution in [-0.2, 0) is 0 Å². The van der Waals surface area contributed by atoms with Crippen LogP contribution in [0.1, 0.15) is 30.9 Å². The third-order valence-electron chi connectivity index (χ3n) is 2.33. The second kappa shape index (κ2) is 5.35. The minimum atomic E-state index is 0.530. The van der Waals surface area contributed by atoms with Crippen molar-refractivity contribution in [2.45, 2.75) is 19.8 Å². The maximum absolute atomic E-state index is 5.56. The lowest BCUT2D eigenvalue weighted by atomic mass is 9.98. The van der Waals surface area contributed by atoms with Crippen molar-refractivity contribution in [3.63, 3.8) is 0 Å². The summed E-state index contributed by atoms with van der Waals surface area (Å²) in [5.41, 5.74) is 8.96. The number of nitrogens with zero attached hydrogens (tertiary/aromatic N) is 1. The molecule has 0 aromatic heterocycles. The molecule has 80 valence electrons. The third-order valence-corrected chi connectivity index (χ3v) is 2.33. The van der Waals surface area contributed by atoms with Crippen LogP contribution in [0.3, 0.4) is 0 Å². The summed E-state index contributed by atoms with van der Waals surface area (Å²) in [4.78, 5) is 3.98. The summed E-state index contributed by atoms with van der Waals surface area (Å²) in [6.07, 6.45) is 3.37. The van der Waals surface area contributed by atoms with Crippen molar-refractivity contribution >= 4 is 11.8 Å². The molecule has 2 nitrogen and oxygen atoms in total. The SMILES string of the molecule is CN=CC(=CN)c1cccc(C(C)C)c1. The number of hydrogen-bond acceptors (Lipinski definition) is 2. The van der Waals surface area contributed by atoms with E-state index in [1.165, 1.54) is 5.56 Å². The van der Waals surface area contributed by atoms with Gasteiger partial charge in [-0.1, -0.05) is 38.1 Å². The number of aliphatic imine (C=N–C) groups is 1. The van der Waals surface area contributed by atoms with Crippen molar-refractivity contribution in [1.82, 2.24) is 0 Å². The maximum Gasteiger partial charge on any atom is 0.0301 e. The monoisotopic (exact) mass is 202 g/mol. The average Bonchev–Trinajstić information content (AvgIpc) is 2.26. The Balaban J connectivity index is 3.09. The van der Waals surface area contributed by atoms with E-state index < -0.39 is 0 Å². The summed E-state index contributed by atoms with van der Waals surface area (Å²) >= 11 is 0. The fourth-order valence-corrected chi connectivity index (χ4v) is 1.43. The zero-order chi connectivity index (χ0) is 11.3. The summed E-state index contributed by atoms with van der Waals surface area (Å²) in [5, 5.41) is 0. The molecule has 1 aromatic rings. The summed E-state index contributed by atoms with van der Waals surface area (Å²) in [6.45, 7) is 4.36. The second-order valence-corrected chi connectivity index (χ2v) is 3.79. The Labute approximate surface area is 91.5 Å². The van der Waals surface area contributed by atoms with Crippen LogP contribution in [0, 0.1) is 0 Å². The number of benzene rings is 1. The lowest BCUT2D eigenvalue weighted by molar-refractivity contribution is 0.866. The van der Waals surface area contributed by atoms with Crippen LogP contribution in [-0.4, -0.2) is 13.3 Å². The Morgan fingerprint density at radius 3 is 2.67 bits per heavy atom. The van der Waals surface area contributed by atoms with Crippen molar-refractivity contribution in [2.75, 3.05) is 7.05 Å². The molecule has 0 fully saturated rings. The van der Waals surface area contributed by atoms with Gasteiger partial charge in [-0.3, -0.25) is 4.99 Å². The molecule has 0 aliphatic carbocycles. The molecule has 1 rings (SSSR count). The van der Waals surface area contributed by atoms with Crippen LogP contribution in [0.5, 0.6) is 0 Å². The van der Waals surface area contributed by atoms with E-state index >= 15 is 0 Å². The van der Waals surface area contributed by atoms with E-state index in [-0.39, 0.29) is 0 Å². The van der Waals surface area contributed by atoms with Crippen molar-refractivity contribution in [2.24, 2.45) is 10.7 Å². The van der Waals surface area contributed by atoms with E-state index in [0.29, 0.717) is 5.92 Å². The van der Waals surface area contributed by atoms with Gasteiger partial charge in [-0.15, -0.1) is 0 Å². The Kier molecular flexibility index (Phi) is 4.10. The molecule has 15 heavy (non-hydrogen) atoms. The molecule has 2 N–H and O–H groups in total. The minimum absolute atomic E-state index is 0.530. The smallest absolute Gasteiger partial charge is 0.0301 e. The standard InChI is InChI=1S/C13H18N2/c1-10(2)11-5-4-6-12(7-11)13(8-14)9-15-3/h4-10H,14H2,1-3H3. The Morgan fingerprint density at radius 1 is 1.40 bits per heavy atom. The molecule has 0 bridgehead atoms. The van der Waals surface area contributed by atoms with Gasteiger partial charge in [-0.2, -0.15) is 0 Å². The highest BCUT2D eigenvalue weighted by molar-refractivity contribution is 6.09. The van der Waals surface area contributed by atoms with Gasteiger partial charge in [-0.25, -0.2) is 0 Å². The van der Waals surface area contributed by atoms with Gasteiger partial charge in [0.05, 0.1) is 0 Å². The van der Waals surface area contributed by atoms with Gasteiger partial charge in [0.2, 0.25) is 0 Å². The van der Waals surface area contributed by atoms with Gasteiger partial charge < -0.3 is 5.73 Å². The number of rotatable bonds is 3. The van der Waals surface area contributed by atoms with Crippen LogP contribution in [0.4, 0.5) is 0 Å². The van der Waals surface area contributed by atoms with Crippen molar-refractivity contribution in [3.05, 3.63) is 41.6 Å². The zero-order valence-electron chi connectivity index (χ0n) is 9.57. The number of nitrogens with two attached hydrogens (primary N) is 1. The molecule has 0 aliphatic rings. The second-order valence-electron chi connectivity index (χ2n) is 3.79. The van der Waals surface area contributed by atoms with Crippen LogP contribution >= 0.6 is 0 Å². The molecule has 0 spiro atoms. The largest absolute Gasteiger partial charge is 0.404 e. The lowest BCUT2D eigenvalue weighted by Crippen LogP contribution is -1.94. The fraction of sp³-hybridized carbons (Fsp3) is 0.308. The highest BCUT2D eigenvalue weighted by atomic mass is 14.6. The third kappa shape index (κ3) is 2.94. The molecule has 0 radical (unpaired) electrons. The molecule has 0 saturated carbocycles. The lowest BCUT2D eigenvalue weighted by Gasteiger charge is -2.08. The summed E-state index contributed by atoms with van der Waals surface area (Å²) in [7, 11) is 1.75. The summed E-state index contributed by atoms with van der Waals surface area (Å²) < 4.78 is 0. The molecule has 0 unspecified atom stereocenters. The quantitative estimate of drug-likeness (QED) is 0.752. The predicted octanol–water partition coefficient (Wildman–Crippen LogP) is 2.81. The van der Waals surface area contributed by atoms with E-state index in [1.807, 2.05) is 6.07 Å². The van der Waals surface area contributed by atoms with E-state index in [9.17, 15) is 0 Å². The first-order chi connectivity index (χ1) is 7.19. The molecule has 0 heterocycles. The Morgan fingerprint density at radius 2 is 2.13 bits per heavy atom.